The maximum atomic E-state index is 13.2. The zero-order valence-electron chi connectivity index (χ0n) is 15.8. The Labute approximate surface area is 176 Å². The number of pyridine rings is 1. The molecule has 0 aliphatic carbocycles. The number of aryl methyl sites for hydroxylation is 1. The summed E-state index contributed by atoms with van der Waals surface area (Å²) in [6, 6.07) is 14.2. The summed E-state index contributed by atoms with van der Waals surface area (Å²) < 4.78 is 0.923. The summed E-state index contributed by atoms with van der Waals surface area (Å²) in [4.78, 5) is 32.3. The lowest BCUT2D eigenvalue weighted by molar-refractivity contribution is -0.384. The molecule has 29 heavy (non-hydrogen) atoms. The van der Waals surface area contributed by atoms with Crippen LogP contribution in [0.5, 0.6) is 0 Å². The summed E-state index contributed by atoms with van der Waals surface area (Å²) in [6.45, 7) is 4.25. The minimum atomic E-state index is -0.390. The lowest BCUT2D eigenvalue weighted by Crippen LogP contribution is -2.48. The second kappa shape index (κ2) is 7.79. The van der Waals surface area contributed by atoms with Gasteiger partial charge in [-0.05, 0) is 31.2 Å². The number of hydrogen-bond donors (Lipinski definition) is 0. The van der Waals surface area contributed by atoms with E-state index in [1.54, 1.807) is 12.1 Å². The van der Waals surface area contributed by atoms with E-state index in [0.717, 1.165) is 26.8 Å². The molecule has 1 aliphatic heterocycles. The molecular formula is C21H19BrN4O3. The molecule has 1 saturated heterocycles. The number of rotatable bonds is 3. The van der Waals surface area contributed by atoms with Gasteiger partial charge in [0.25, 0.3) is 11.6 Å². The Balaban J connectivity index is 1.53. The van der Waals surface area contributed by atoms with Crippen molar-refractivity contribution in [2.24, 2.45) is 0 Å². The molecular weight excluding hydrogens is 436 g/mol. The minimum Gasteiger partial charge on any atom is -0.368 e. The first-order valence-electron chi connectivity index (χ1n) is 9.28. The highest BCUT2D eigenvalue weighted by Gasteiger charge is 2.24. The maximum Gasteiger partial charge on any atom is 0.271 e. The molecule has 7 nitrogen and oxygen atoms in total. The van der Waals surface area contributed by atoms with Gasteiger partial charge in [0.05, 0.1) is 16.0 Å². The molecule has 0 bridgehead atoms. The van der Waals surface area contributed by atoms with E-state index >= 15 is 0 Å². The van der Waals surface area contributed by atoms with Gasteiger partial charge in [-0.1, -0.05) is 28.1 Å². The first-order valence-corrected chi connectivity index (χ1v) is 10.1. The van der Waals surface area contributed by atoms with Gasteiger partial charge in [-0.25, -0.2) is 0 Å². The van der Waals surface area contributed by atoms with Crippen molar-refractivity contribution in [3.63, 3.8) is 0 Å². The third-order valence-electron chi connectivity index (χ3n) is 5.10. The first kappa shape index (κ1) is 19.3. The highest BCUT2D eigenvalue weighted by atomic mass is 79.9. The van der Waals surface area contributed by atoms with Gasteiger partial charge in [0, 0.05) is 59.6 Å². The first-order chi connectivity index (χ1) is 13.9. The summed E-state index contributed by atoms with van der Waals surface area (Å²) in [5, 5.41) is 11.9. The van der Waals surface area contributed by atoms with E-state index < -0.39 is 4.92 Å². The van der Waals surface area contributed by atoms with Gasteiger partial charge in [0.2, 0.25) is 0 Å². The van der Waals surface area contributed by atoms with Gasteiger partial charge in [-0.3, -0.25) is 19.9 Å². The number of fused-ring (bicyclic) bond motifs is 1. The largest absolute Gasteiger partial charge is 0.368 e. The molecule has 1 fully saturated rings. The number of aromatic nitrogens is 1. The summed E-state index contributed by atoms with van der Waals surface area (Å²) in [5.74, 6) is -0.0125. The average molecular weight is 455 g/mol. The van der Waals surface area contributed by atoms with E-state index in [4.69, 9.17) is 0 Å². The molecule has 0 spiro atoms. The summed E-state index contributed by atoms with van der Waals surface area (Å²) in [7, 11) is 0. The number of nitro benzene ring substituents is 1. The second-order valence-electron chi connectivity index (χ2n) is 7.03. The van der Waals surface area contributed by atoms with E-state index in [-0.39, 0.29) is 11.6 Å². The molecule has 0 radical (unpaired) electrons. The van der Waals surface area contributed by atoms with E-state index in [1.165, 1.54) is 6.07 Å². The van der Waals surface area contributed by atoms with Crippen LogP contribution in [0.4, 0.5) is 11.4 Å². The highest BCUT2D eigenvalue weighted by molar-refractivity contribution is 9.10. The second-order valence-corrected chi connectivity index (χ2v) is 7.94. The Morgan fingerprint density at radius 3 is 2.59 bits per heavy atom. The molecule has 2 heterocycles. The molecule has 1 aliphatic rings. The Morgan fingerprint density at radius 1 is 1.10 bits per heavy atom. The van der Waals surface area contributed by atoms with Gasteiger partial charge >= 0.3 is 0 Å². The lowest BCUT2D eigenvalue weighted by atomic mass is 10.1. The molecule has 3 aromatic rings. The number of carbonyl (C=O) groups excluding carboxylic acids is 1. The van der Waals surface area contributed by atoms with Crippen LogP contribution in [-0.4, -0.2) is 46.9 Å². The Hall–Kier alpha value is -3.00. The van der Waals surface area contributed by atoms with Crippen molar-refractivity contribution in [2.45, 2.75) is 6.92 Å². The molecule has 1 amide bonds. The fraction of sp³-hybridized carbons (Fsp3) is 0.238. The number of nitrogens with zero attached hydrogens (tertiary/aromatic N) is 4. The number of hydrogen-bond acceptors (Lipinski definition) is 5. The van der Waals surface area contributed by atoms with Crippen LogP contribution in [0, 0.1) is 17.0 Å². The van der Waals surface area contributed by atoms with Crippen LogP contribution in [0.15, 0.2) is 53.0 Å². The average Bonchev–Trinajstić information content (AvgIpc) is 2.72. The number of benzene rings is 2. The van der Waals surface area contributed by atoms with Gasteiger partial charge in [0.1, 0.15) is 0 Å². The van der Waals surface area contributed by atoms with Crippen LogP contribution in [-0.2, 0) is 0 Å². The lowest BCUT2D eigenvalue weighted by Gasteiger charge is -2.36. The van der Waals surface area contributed by atoms with Crippen LogP contribution < -0.4 is 4.90 Å². The topological polar surface area (TPSA) is 79.6 Å². The molecule has 0 N–H and O–H groups in total. The number of piperazine rings is 1. The fourth-order valence-corrected chi connectivity index (χ4v) is 4.00. The Bertz CT molecular complexity index is 1110. The molecule has 0 unspecified atom stereocenters. The van der Waals surface area contributed by atoms with Crippen LogP contribution in [0.25, 0.3) is 10.9 Å². The molecule has 148 valence electrons. The number of amides is 1. The van der Waals surface area contributed by atoms with Gasteiger partial charge in [0.15, 0.2) is 0 Å². The van der Waals surface area contributed by atoms with Crippen molar-refractivity contribution < 1.29 is 9.72 Å². The smallest absolute Gasteiger partial charge is 0.271 e. The zero-order chi connectivity index (χ0) is 20.5. The van der Waals surface area contributed by atoms with Crippen molar-refractivity contribution in [3.8, 4) is 0 Å². The fourth-order valence-electron chi connectivity index (χ4n) is 3.65. The quantitative estimate of drug-likeness (QED) is 0.438. The van der Waals surface area contributed by atoms with E-state index in [2.05, 4.69) is 25.8 Å². The van der Waals surface area contributed by atoms with Crippen LogP contribution in [0.3, 0.4) is 0 Å². The number of carbonyl (C=O) groups is 1. The van der Waals surface area contributed by atoms with Gasteiger partial charge in [-0.2, -0.15) is 0 Å². The third-order valence-corrected chi connectivity index (χ3v) is 5.60. The van der Waals surface area contributed by atoms with Crippen LogP contribution >= 0.6 is 15.9 Å². The predicted octanol–water partition coefficient (Wildman–Crippen LogP) is 4.18. The highest BCUT2D eigenvalue weighted by Crippen LogP contribution is 2.26. The van der Waals surface area contributed by atoms with Gasteiger partial charge < -0.3 is 9.80 Å². The maximum absolute atomic E-state index is 13.2. The normalized spacial score (nSPS) is 14.3. The van der Waals surface area contributed by atoms with Crippen molar-refractivity contribution in [1.82, 2.24) is 9.88 Å². The summed E-state index contributed by atoms with van der Waals surface area (Å²) >= 11 is 3.45. The van der Waals surface area contributed by atoms with Gasteiger partial charge in [-0.15, -0.1) is 0 Å². The van der Waals surface area contributed by atoms with Crippen molar-refractivity contribution in [2.75, 3.05) is 31.1 Å². The third kappa shape index (κ3) is 3.93. The monoisotopic (exact) mass is 454 g/mol. The Kier molecular flexibility index (Phi) is 5.19. The number of non-ortho nitro benzene ring substituents is 1. The summed E-state index contributed by atoms with van der Waals surface area (Å²) in [5.41, 5.74) is 3.13. The number of nitro groups is 1. The van der Waals surface area contributed by atoms with Crippen molar-refractivity contribution >= 4 is 44.1 Å². The molecule has 0 saturated carbocycles. The van der Waals surface area contributed by atoms with Crippen LogP contribution in [0.2, 0.25) is 0 Å². The van der Waals surface area contributed by atoms with Crippen molar-refractivity contribution in [1.29, 1.82) is 0 Å². The molecule has 8 heteroatoms. The zero-order valence-corrected chi connectivity index (χ0v) is 17.4. The SMILES string of the molecule is Cc1cc(C(=O)N2CCN(c3cccc([N+](=O)[O-])c3)CC2)c2ccc(Br)cc2n1. The van der Waals surface area contributed by atoms with Crippen LogP contribution in [0.1, 0.15) is 16.1 Å². The Morgan fingerprint density at radius 2 is 1.86 bits per heavy atom. The van der Waals surface area contributed by atoms with E-state index in [0.29, 0.717) is 31.7 Å². The molecule has 2 aromatic carbocycles. The molecule has 4 rings (SSSR count). The van der Waals surface area contributed by atoms with E-state index in [1.807, 2.05) is 42.2 Å². The molecule has 1 aromatic heterocycles. The molecule has 0 atom stereocenters. The minimum absolute atomic E-state index is 0.0125. The number of halogens is 1. The van der Waals surface area contributed by atoms with E-state index in [9.17, 15) is 14.9 Å². The summed E-state index contributed by atoms with van der Waals surface area (Å²) in [6.07, 6.45) is 0. The number of anilines is 1. The van der Waals surface area contributed by atoms with Crippen molar-refractivity contribution in [3.05, 3.63) is 74.4 Å². The standard InChI is InChI=1S/C21H19BrN4O3/c1-14-11-19(18-6-5-15(22)12-20(18)23-14)21(27)25-9-7-24(8-10-25)16-3-2-4-17(13-16)26(28)29/h2-6,11-13H,7-10H2,1H3. The predicted molar refractivity (Wildman–Crippen MR) is 115 cm³/mol.